The van der Waals surface area contributed by atoms with Crippen LogP contribution in [0.2, 0.25) is 0 Å². The summed E-state index contributed by atoms with van der Waals surface area (Å²) in [4.78, 5) is 23.9. The highest BCUT2D eigenvalue weighted by molar-refractivity contribution is 5.99. The van der Waals surface area contributed by atoms with Gasteiger partial charge in [0, 0.05) is 11.3 Å². The third-order valence-corrected chi connectivity index (χ3v) is 5.43. The molecule has 0 aliphatic heterocycles. The van der Waals surface area contributed by atoms with Crippen molar-refractivity contribution < 1.29 is 19.1 Å². The Hall–Kier alpha value is -1.71. The number of aliphatic carboxylic acids is 1. The number of Topliss-reactive ketones (excluding diaryl/α,β-unsaturated/α-hetero) is 1. The van der Waals surface area contributed by atoms with E-state index in [9.17, 15) is 19.1 Å². The second-order valence-electron chi connectivity index (χ2n) is 6.40. The van der Waals surface area contributed by atoms with Gasteiger partial charge in [0.05, 0.1) is 5.92 Å². The molecule has 1 N–H and O–H groups in total. The summed E-state index contributed by atoms with van der Waals surface area (Å²) >= 11 is 0. The monoisotopic (exact) mass is 290 g/mol. The van der Waals surface area contributed by atoms with Crippen LogP contribution in [0.5, 0.6) is 0 Å². The summed E-state index contributed by atoms with van der Waals surface area (Å²) < 4.78 is 13.3. The molecule has 0 aromatic heterocycles. The fraction of sp³-hybridized carbons (Fsp3) is 0.529. The van der Waals surface area contributed by atoms with Crippen LogP contribution >= 0.6 is 0 Å². The summed E-state index contributed by atoms with van der Waals surface area (Å²) in [5, 5.41) is 9.22. The van der Waals surface area contributed by atoms with Gasteiger partial charge in [-0.25, -0.2) is 4.39 Å². The number of halogens is 1. The minimum Gasteiger partial charge on any atom is -0.481 e. The van der Waals surface area contributed by atoms with Gasteiger partial charge in [-0.2, -0.15) is 0 Å². The number of benzene rings is 1. The van der Waals surface area contributed by atoms with Crippen molar-refractivity contribution in [1.82, 2.24) is 0 Å². The number of hydrogen-bond acceptors (Lipinski definition) is 2. The Balaban J connectivity index is 1.77. The Morgan fingerprint density at radius 2 is 2.19 bits per heavy atom. The van der Waals surface area contributed by atoms with Crippen molar-refractivity contribution in [2.75, 3.05) is 0 Å². The maximum Gasteiger partial charge on any atom is 0.307 e. The van der Waals surface area contributed by atoms with Crippen molar-refractivity contribution in [1.29, 1.82) is 0 Å². The quantitative estimate of drug-likeness (QED) is 0.927. The summed E-state index contributed by atoms with van der Waals surface area (Å²) in [5.41, 5.74) is 0.911. The van der Waals surface area contributed by atoms with Crippen LogP contribution in [0.3, 0.4) is 0 Å². The lowest BCUT2D eigenvalue weighted by atomic mass is 9.86. The second kappa shape index (κ2) is 4.65. The number of carbonyl (C=O) groups is 2. The number of carbonyl (C=O) groups excluding carboxylic acids is 1. The lowest BCUT2D eigenvalue weighted by Gasteiger charge is -2.17. The average Bonchev–Trinajstić information content (AvgIpc) is 3.02. The van der Waals surface area contributed by atoms with Gasteiger partial charge in [-0.05, 0) is 49.3 Å². The molecule has 0 radical (unpaired) electrons. The van der Waals surface area contributed by atoms with Crippen molar-refractivity contribution in [3.05, 3.63) is 35.1 Å². The number of rotatable bonds is 4. The first-order chi connectivity index (χ1) is 9.91. The Morgan fingerprint density at radius 3 is 2.71 bits per heavy atom. The van der Waals surface area contributed by atoms with Crippen LogP contribution in [0.4, 0.5) is 4.39 Å². The summed E-state index contributed by atoms with van der Waals surface area (Å²) in [6.45, 7) is 3.61. The second-order valence-corrected chi connectivity index (χ2v) is 6.40. The molecule has 2 aliphatic rings. The van der Waals surface area contributed by atoms with Crippen LogP contribution in [0.1, 0.15) is 30.9 Å². The Labute approximate surface area is 123 Å². The summed E-state index contributed by atoms with van der Waals surface area (Å²) in [5.74, 6) is -1.58. The van der Waals surface area contributed by atoms with Gasteiger partial charge in [0.2, 0.25) is 0 Å². The highest BCUT2D eigenvalue weighted by Gasteiger charge is 2.75. The van der Waals surface area contributed by atoms with Crippen LogP contribution < -0.4 is 0 Å². The summed E-state index contributed by atoms with van der Waals surface area (Å²) in [7, 11) is 0. The fourth-order valence-electron chi connectivity index (χ4n) is 4.34. The maximum absolute atomic E-state index is 13.3. The smallest absolute Gasteiger partial charge is 0.307 e. The van der Waals surface area contributed by atoms with E-state index in [2.05, 4.69) is 0 Å². The zero-order valence-corrected chi connectivity index (χ0v) is 12.2. The van der Waals surface area contributed by atoms with E-state index in [0.717, 1.165) is 5.56 Å². The minimum absolute atomic E-state index is 0.000884. The number of carboxylic acid groups (broad SMARTS) is 1. The van der Waals surface area contributed by atoms with Crippen LogP contribution in [-0.2, 0) is 16.0 Å². The van der Waals surface area contributed by atoms with Gasteiger partial charge in [0.1, 0.15) is 11.6 Å². The normalized spacial score (nSPS) is 33.9. The standard InChI is InChI=1S/C17H19FO3/c1-3-17-12(14(17)16(20)21)8-11(15(17)19)7-10-4-5-13(18)9(2)6-10/h4-6,11-12,14H,3,7-8H2,1-2H3,(H,20,21). The predicted octanol–water partition coefficient (Wildman–Crippen LogP) is 2.99. The minimum atomic E-state index is -0.841. The van der Waals surface area contributed by atoms with Gasteiger partial charge in [0.25, 0.3) is 0 Å². The zero-order valence-electron chi connectivity index (χ0n) is 12.2. The number of carboxylic acids is 1. The first-order valence-corrected chi connectivity index (χ1v) is 7.44. The first-order valence-electron chi connectivity index (χ1n) is 7.44. The molecule has 4 atom stereocenters. The third-order valence-electron chi connectivity index (χ3n) is 5.43. The van der Waals surface area contributed by atoms with Gasteiger partial charge in [-0.3, -0.25) is 9.59 Å². The number of fused-ring (bicyclic) bond motifs is 1. The third kappa shape index (κ3) is 1.92. The molecule has 4 heteroatoms. The van der Waals surface area contributed by atoms with E-state index in [0.29, 0.717) is 24.8 Å². The lowest BCUT2D eigenvalue weighted by molar-refractivity contribution is -0.142. The zero-order chi connectivity index (χ0) is 15.4. The van der Waals surface area contributed by atoms with E-state index in [-0.39, 0.29) is 23.4 Å². The van der Waals surface area contributed by atoms with Crippen LogP contribution in [0.15, 0.2) is 18.2 Å². The maximum atomic E-state index is 13.3. The fourth-order valence-corrected chi connectivity index (χ4v) is 4.34. The van der Waals surface area contributed by atoms with Gasteiger partial charge in [0.15, 0.2) is 0 Å². The molecule has 2 saturated carbocycles. The molecule has 0 heterocycles. The van der Waals surface area contributed by atoms with Crippen molar-refractivity contribution in [3.8, 4) is 0 Å². The van der Waals surface area contributed by atoms with Crippen LogP contribution in [-0.4, -0.2) is 16.9 Å². The molecule has 1 aromatic rings. The van der Waals surface area contributed by atoms with E-state index in [1.54, 1.807) is 19.1 Å². The molecule has 3 nitrogen and oxygen atoms in total. The molecular weight excluding hydrogens is 271 g/mol. The molecule has 0 amide bonds. The van der Waals surface area contributed by atoms with E-state index in [1.807, 2.05) is 6.92 Å². The van der Waals surface area contributed by atoms with Crippen LogP contribution in [0, 0.1) is 35.9 Å². The topological polar surface area (TPSA) is 54.4 Å². The molecular formula is C17H19FO3. The van der Waals surface area contributed by atoms with E-state index >= 15 is 0 Å². The van der Waals surface area contributed by atoms with Crippen molar-refractivity contribution in [2.24, 2.45) is 23.2 Å². The van der Waals surface area contributed by atoms with E-state index < -0.39 is 17.3 Å². The number of aryl methyl sites for hydroxylation is 1. The summed E-state index contributed by atoms with van der Waals surface area (Å²) in [6, 6.07) is 4.92. The van der Waals surface area contributed by atoms with Gasteiger partial charge >= 0.3 is 5.97 Å². The van der Waals surface area contributed by atoms with E-state index in [1.165, 1.54) is 6.07 Å². The molecule has 0 spiro atoms. The van der Waals surface area contributed by atoms with Gasteiger partial charge in [-0.1, -0.05) is 19.1 Å². The summed E-state index contributed by atoms with van der Waals surface area (Å²) in [6.07, 6.45) is 1.84. The average molecular weight is 290 g/mol. The Bertz CT molecular complexity index is 624. The van der Waals surface area contributed by atoms with Crippen molar-refractivity contribution in [2.45, 2.75) is 33.1 Å². The molecule has 0 saturated heterocycles. The molecule has 112 valence electrons. The number of ketones is 1. The number of hydrogen-bond donors (Lipinski definition) is 1. The molecule has 2 aliphatic carbocycles. The molecule has 0 bridgehead atoms. The molecule has 1 aromatic carbocycles. The van der Waals surface area contributed by atoms with Crippen molar-refractivity contribution in [3.63, 3.8) is 0 Å². The van der Waals surface area contributed by atoms with Crippen LogP contribution in [0.25, 0.3) is 0 Å². The Morgan fingerprint density at radius 1 is 1.48 bits per heavy atom. The van der Waals surface area contributed by atoms with Gasteiger partial charge < -0.3 is 5.11 Å². The largest absolute Gasteiger partial charge is 0.481 e. The highest BCUT2D eigenvalue weighted by atomic mass is 19.1. The molecule has 2 fully saturated rings. The molecule has 21 heavy (non-hydrogen) atoms. The highest BCUT2D eigenvalue weighted by Crippen LogP contribution is 2.69. The Kier molecular flexibility index (Phi) is 3.15. The molecule has 4 unspecified atom stereocenters. The first kappa shape index (κ1) is 14.2. The van der Waals surface area contributed by atoms with Gasteiger partial charge in [-0.15, -0.1) is 0 Å². The lowest BCUT2D eigenvalue weighted by Crippen LogP contribution is -2.26. The van der Waals surface area contributed by atoms with Crippen molar-refractivity contribution >= 4 is 11.8 Å². The van der Waals surface area contributed by atoms with E-state index in [4.69, 9.17) is 0 Å². The molecule has 3 rings (SSSR count). The SMILES string of the molecule is CCC12C(=O)C(Cc3ccc(F)c(C)c3)CC1C2C(=O)O. The predicted molar refractivity (Wildman–Crippen MR) is 75.3 cm³/mol.